The molecule has 0 saturated heterocycles. The molecule has 1 amide bonds. The van der Waals surface area contributed by atoms with Crippen LogP contribution >= 0.6 is 0 Å². The number of amides is 1. The lowest BCUT2D eigenvalue weighted by Gasteiger charge is -2.07. The van der Waals surface area contributed by atoms with Gasteiger partial charge in [0.05, 0.1) is 6.20 Å². The average molecular weight is 312 g/mol. The van der Waals surface area contributed by atoms with Crippen LogP contribution in [0.25, 0.3) is 5.65 Å². The summed E-state index contributed by atoms with van der Waals surface area (Å²) in [7, 11) is 0. The lowest BCUT2D eigenvalue weighted by molar-refractivity contribution is 0.155. The zero-order valence-corrected chi connectivity index (χ0v) is 11.9. The molecule has 0 bridgehead atoms. The number of hydrogen-bond donors (Lipinski definition) is 2. The molecule has 116 valence electrons. The molecule has 2 N–H and O–H groups in total. The fourth-order valence-electron chi connectivity index (χ4n) is 1.95. The third-order valence-electron chi connectivity index (χ3n) is 3.04. The molecule has 0 atom stereocenters. The van der Waals surface area contributed by atoms with Crippen LogP contribution < -0.4 is 16.4 Å². The van der Waals surface area contributed by atoms with Gasteiger partial charge in [-0.1, -0.05) is 30.3 Å². The molecule has 0 unspecified atom stereocenters. The predicted octanol–water partition coefficient (Wildman–Crippen LogP) is 1.13. The summed E-state index contributed by atoms with van der Waals surface area (Å²) in [5, 5.41) is 4.64. The molecule has 8 heteroatoms. The second kappa shape index (κ2) is 6.14. The van der Waals surface area contributed by atoms with Gasteiger partial charge in [-0.2, -0.15) is 4.52 Å². The van der Waals surface area contributed by atoms with E-state index in [2.05, 4.69) is 15.4 Å². The van der Waals surface area contributed by atoms with E-state index in [0.717, 1.165) is 10.1 Å². The van der Waals surface area contributed by atoms with Crippen molar-refractivity contribution >= 4 is 17.4 Å². The predicted molar refractivity (Wildman–Crippen MR) is 82.3 cm³/mol. The molecule has 3 aromatic rings. The van der Waals surface area contributed by atoms with E-state index < -0.39 is 17.2 Å². The number of H-pyrrole nitrogens is 1. The van der Waals surface area contributed by atoms with Crippen LogP contribution in [-0.4, -0.2) is 20.7 Å². The summed E-state index contributed by atoms with van der Waals surface area (Å²) in [5.41, 5.74) is -0.0740. The smallest absolute Gasteiger partial charge is 0.412 e. The van der Waals surface area contributed by atoms with Crippen molar-refractivity contribution in [2.45, 2.75) is 6.61 Å². The first kappa shape index (κ1) is 14.5. The SMILES string of the molecule is O=C(Nc1cnc2ccc(=O)[nH]n2c1=O)OCc1ccccc1. The third kappa shape index (κ3) is 3.26. The highest BCUT2D eigenvalue weighted by atomic mass is 16.5. The molecule has 8 nitrogen and oxygen atoms in total. The molecule has 0 aliphatic carbocycles. The van der Waals surface area contributed by atoms with Crippen molar-refractivity contribution in [1.29, 1.82) is 0 Å². The molecule has 0 fully saturated rings. The Labute approximate surface area is 129 Å². The summed E-state index contributed by atoms with van der Waals surface area (Å²) in [5.74, 6) is 0. The number of hydrogen-bond acceptors (Lipinski definition) is 5. The molecule has 0 spiro atoms. The van der Waals surface area contributed by atoms with Crippen LogP contribution in [0.5, 0.6) is 0 Å². The molecule has 2 heterocycles. The largest absolute Gasteiger partial charge is 0.444 e. The van der Waals surface area contributed by atoms with Crippen LogP contribution in [0.2, 0.25) is 0 Å². The molecule has 2 aromatic heterocycles. The minimum Gasteiger partial charge on any atom is -0.444 e. The van der Waals surface area contributed by atoms with Gasteiger partial charge in [-0.15, -0.1) is 0 Å². The van der Waals surface area contributed by atoms with Crippen molar-refractivity contribution in [2.75, 3.05) is 5.32 Å². The minimum atomic E-state index is -0.786. The van der Waals surface area contributed by atoms with Gasteiger partial charge in [0, 0.05) is 6.07 Å². The zero-order valence-electron chi connectivity index (χ0n) is 11.9. The van der Waals surface area contributed by atoms with Gasteiger partial charge in [0.1, 0.15) is 12.3 Å². The molecule has 1 aromatic carbocycles. The molecule has 0 radical (unpaired) electrons. The highest BCUT2D eigenvalue weighted by Crippen LogP contribution is 2.03. The van der Waals surface area contributed by atoms with Crippen LogP contribution in [0.15, 0.2) is 58.3 Å². The molecular formula is C15H12N4O4. The van der Waals surface area contributed by atoms with Gasteiger partial charge in [-0.3, -0.25) is 20.0 Å². The quantitative estimate of drug-likeness (QED) is 0.754. The Hall–Kier alpha value is -3.42. The van der Waals surface area contributed by atoms with E-state index in [1.54, 1.807) is 0 Å². The van der Waals surface area contributed by atoms with Crippen LogP contribution in [0.1, 0.15) is 5.56 Å². The van der Waals surface area contributed by atoms with Gasteiger partial charge in [0.2, 0.25) is 0 Å². The topological polar surface area (TPSA) is 106 Å². The molecule has 0 aliphatic heterocycles. The van der Waals surface area contributed by atoms with Gasteiger partial charge < -0.3 is 4.74 Å². The van der Waals surface area contributed by atoms with E-state index in [9.17, 15) is 14.4 Å². The Morgan fingerprint density at radius 1 is 1.17 bits per heavy atom. The number of rotatable bonds is 3. The first-order chi connectivity index (χ1) is 11.1. The monoisotopic (exact) mass is 312 g/mol. The number of nitrogens with one attached hydrogen (secondary N) is 2. The summed E-state index contributed by atoms with van der Waals surface area (Å²) in [6.45, 7) is 0.0752. The Bertz CT molecular complexity index is 962. The van der Waals surface area contributed by atoms with Gasteiger partial charge >= 0.3 is 6.09 Å². The van der Waals surface area contributed by atoms with Gasteiger partial charge in [-0.05, 0) is 11.6 Å². The molecule has 3 rings (SSSR count). The number of fused-ring (bicyclic) bond motifs is 1. The van der Waals surface area contributed by atoms with E-state index in [4.69, 9.17) is 4.74 Å². The van der Waals surface area contributed by atoms with Crippen molar-refractivity contribution in [2.24, 2.45) is 0 Å². The average Bonchev–Trinajstić information content (AvgIpc) is 2.57. The summed E-state index contributed by atoms with van der Waals surface area (Å²) < 4.78 is 5.98. The van der Waals surface area contributed by atoms with Crippen molar-refractivity contribution in [3.63, 3.8) is 0 Å². The fraction of sp³-hybridized carbons (Fsp3) is 0.0667. The van der Waals surface area contributed by atoms with Gasteiger partial charge in [-0.25, -0.2) is 9.78 Å². The fourth-order valence-corrected chi connectivity index (χ4v) is 1.95. The maximum absolute atomic E-state index is 12.2. The van der Waals surface area contributed by atoms with E-state index in [0.29, 0.717) is 0 Å². The number of aromatic amines is 1. The molecule has 0 aliphatic rings. The lowest BCUT2D eigenvalue weighted by Crippen LogP contribution is -2.27. The van der Waals surface area contributed by atoms with Gasteiger partial charge in [0.15, 0.2) is 5.65 Å². The Morgan fingerprint density at radius 2 is 1.96 bits per heavy atom. The first-order valence-corrected chi connectivity index (χ1v) is 6.72. The third-order valence-corrected chi connectivity index (χ3v) is 3.04. The van der Waals surface area contributed by atoms with Crippen molar-refractivity contribution in [3.8, 4) is 0 Å². The number of carbonyl (C=O) groups excluding carboxylic acids is 1. The van der Waals surface area contributed by atoms with Crippen LogP contribution in [-0.2, 0) is 11.3 Å². The van der Waals surface area contributed by atoms with Crippen molar-refractivity contribution < 1.29 is 9.53 Å². The zero-order chi connectivity index (χ0) is 16.2. The highest BCUT2D eigenvalue weighted by molar-refractivity contribution is 5.84. The van der Waals surface area contributed by atoms with E-state index in [1.165, 1.54) is 18.3 Å². The summed E-state index contributed by atoms with van der Waals surface area (Å²) in [4.78, 5) is 39.2. The number of carbonyl (C=O) groups is 1. The highest BCUT2D eigenvalue weighted by Gasteiger charge is 2.10. The van der Waals surface area contributed by atoms with Crippen LogP contribution in [0.3, 0.4) is 0 Å². The maximum Gasteiger partial charge on any atom is 0.412 e. The summed E-state index contributed by atoms with van der Waals surface area (Å²) >= 11 is 0. The number of anilines is 1. The molecular weight excluding hydrogens is 300 g/mol. The van der Waals surface area contributed by atoms with Crippen molar-refractivity contribution in [1.82, 2.24) is 14.6 Å². The van der Waals surface area contributed by atoms with E-state index in [1.807, 2.05) is 30.3 Å². The summed E-state index contributed by atoms with van der Waals surface area (Å²) in [6.07, 6.45) is 0.422. The van der Waals surface area contributed by atoms with E-state index >= 15 is 0 Å². The Balaban J connectivity index is 1.76. The summed E-state index contributed by atoms with van der Waals surface area (Å²) in [6, 6.07) is 11.8. The lowest BCUT2D eigenvalue weighted by atomic mass is 10.2. The van der Waals surface area contributed by atoms with E-state index in [-0.39, 0.29) is 17.9 Å². The molecule has 23 heavy (non-hydrogen) atoms. The van der Waals surface area contributed by atoms with Crippen LogP contribution in [0, 0.1) is 0 Å². The number of aromatic nitrogens is 3. The Morgan fingerprint density at radius 3 is 2.74 bits per heavy atom. The second-order valence-electron chi connectivity index (χ2n) is 4.67. The first-order valence-electron chi connectivity index (χ1n) is 6.72. The minimum absolute atomic E-state index is 0.0752. The number of benzene rings is 1. The van der Waals surface area contributed by atoms with Gasteiger partial charge in [0.25, 0.3) is 11.1 Å². The van der Waals surface area contributed by atoms with Crippen LogP contribution in [0.4, 0.5) is 10.5 Å². The standard InChI is InChI=1S/C15H12N4O4/c20-13-7-6-12-16-8-11(14(21)19(12)18-13)17-15(22)23-9-10-4-2-1-3-5-10/h1-8H,9H2,(H,17,22)(H,18,20). The normalized spacial score (nSPS) is 10.4. The second-order valence-corrected chi connectivity index (χ2v) is 4.67. The molecule has 0 saturated carbocycles. The van der Waals surface area contributed by atoms with Crippen molar-refractivity contribution in [3.05, 3.63) is 74.9 Å². The number of ether oxygens (including phenoxy) is 1. The maximum atomic E-state index is 12.2. The number of nitrogens with zero attached hydrogens (tertiary/aromatic N) is 2. The Kier molecular flexibility index (Phi) is 3.88.